The van der Waals surface area contributed by atoms with E-state index >= 15 is 8.78 Å². The van der Waals surface area contributed by atoms with Crippen molar-refractivity contribution < 1.29 is 35.9 Å². The summed E-state index contributed by atoms with van der Waals surface area (Å²) in [6, 6.07) is 10.7. The zero-order valence-electron chi connectivity index (χ0n) is 25.8. The van der Waals surface area contributed by atoms with Crippen LogP contribution in [0.25, 0.3) is 5.69 Å². The van der Waals surface area contributed by atoms with Crippen LogP contribution in [-0.2, 0) is 25.9 Å². The van der Waals surface area contributed by atoms with Gasteiger partial charge in [-0.25, -0.2) is 36.1 Å². The van der Waals surface area contributed by atoms with E-state index in [2.05, 4.69) is 9.71 Å². The number of imidazole rings is 1. The molecule has 0 atom stereocenters. The highest BCUT2D eigenvalue weighted by Gasteiger charge is 2.31. The molecule has 0 aliphatic heterocycles. The molecule has 3 aromatic carbocycles. The second kappa shape index (κ2) is 14.5. The molecule has 0 radical (unpaired) electrons. The molecule has 46 heavy (non-hydrogen) atoms. The number of hydrogen-bond donors (Lipinski definition) is 1. The molecular formula is C32H33ClF3N3O5S2. The Bertz CT molecular complexity index is 1840. The van der Waals surface area contributed by atoms with Crippen LogP contribution < -0.4 is 9.46 Å². The monoisotopic (exact) mass is 695 g/mol. The highest BCUT2D eigenvalue weighted by molar-refractivity contribution is 7.98. The maximum atomic E-state index is 15.2. The lowest BCUT2D eigenvalue weighted by molar-refractivity contribution is 0.0595. The Morgan fingerprint density at radius 3 is 2.37 bits per heavy atom. The van der Waals surface area contributed by atoms with E-state index in [0.717, 1.165) is 49.1 Å². The van der Waals surface area contributed by atoms with Crippen molar-refractivity contribution in [1.29, 1.82) is 0 Å². The summed E-state index contributed by atoms with van der Waals surface area (Å²) >= 11 is 7.24. The summed E-state index contributed by atoms with van der Waals surface area (Å²) in [6.45, 7) is 5.86. The number of carbonyl (C=O) groups is 1. The van der Waals surface area contributed by atoms with Crippen molar-refractivity contribution in [2.24, 2.45) is 0 Å². The van der Waals surface area contributed by atoms with Crippen molar-refractivity contribution in [2.75, 3.05) is 20.8 Å². The van der Waals surface area contributed by atoms with E-state index in [-0.39, 0.29) is 28.6 Å². The minimum atomic E-state index is -4.11. The third-order valence-corrected chi connectivity index (χ3v) is 10.2. The number of halogens is 4. The fourth-order valence-corrected chi connectivity index (χ4v) is 7.02. The number of sulfonamides is 1. The van der Waals surface area contributed by atoms with Crippen LogP contribution in [0.5, 0.6) is 5.75 Å². The number of aromatic nitrogens is 2. The normalized spacial score (nSPS) is 11.9. The van der Waals surface area contributed by atoms with E-state index in [1.165, 1.54) is 19.2 Å². The first-order valence-electron chi connectivity index (χ1n) is 14.2. The minimum absolute atomic E-state index is 0.144. The van der Waals surface area contributed by atoms with E-state index < -0.39 is 43.8 Å². The summed E-state index contributed by atoms with van der Waals surface area (Å²) < 4.78 is 84.3. The molecule has 1 heterocycles. The lowest BCUT2D eigenvalue weighted by atomic mass is 9.81. The molecule has 0 bridgehead atoms. The third kappa shape index (κ3) is 7.38. The van der Waals surface area contributed by atoms with Gasteiger partial charge >= 0.3 is 5.97 Å². The van der Waals surface area contributed by atoms with Crippen molar-refractivity contribution in [3.63, 3.8) is 0 Å². The number of ether oxygens (including phenoxy) is 2. The first kappa shape index (κ1) is 35.3. The molecule has 0 aliphatic carbocycles. The van der Waals surface area contributed by atoms with Crippen molar-refractivity contribution in [2.45, 2.75) is 54.8 Å². The Labute approximate surface area is 275 Å². The van der Waals surface area contributed by atoms with E-state index in [1.807, 2.05) is 26.8 Å². The van der Waals surface area contributed by atoms with Gasteiger partial charge in [0.15, 0.2) is 5.16 Å². The smallest absolute Gasteiger partial charge is 0.340 e. The van der Waals surface area contributed by atoms with Gasteiger partial charge in [0.05, 0.1) is 41.6 Å². The summed E-state index contributed by atoms with van der Waals surface area (Å²) in [5, 5.41) is 0.677. The first-order chi connectivity index (χ1) is 21.7. The van der Waals surface area contributed by atoms with Crippen molar-refractivity contribution in [3.05, 3.63) is 99.6 Å². The van der Waals surface area contributed by atoms with Gasteiger partial charge in [0.1, 0.15) is 23.2 Å². The molecule has 0 spiro atoms. The number of unbranched alkanes of at least 4 members (excludes halogenated alkanes) is 1. The minimum Gasteiger partial charge on any atom is -0.495 e. The standard InChI is InChI=1S/C32H33ClF3N3O5S2/c1-6-7-12-38-46(41,42)21-15-26(35)23(27(36)16-21)18-45-31-37-17-29(32(2,3)19-8-10-24(33)28(13-19)43-4)39(31)20-9-11-25(34)22(14-20)30(40)44-5/h8-11,13-17,38H,6-7,12,18H2,1-5H3. The number of thioether (sulfide) groups is 1. The third-order valence-electron chi connectivity index (χ3n) is 7.45. The summed E-state index contributed by atoms with van der Waals surface area (Å²) in [5.74, 6) is -3.58. The fourth-order valence-electron chi connectivity index (χ4n) is 4.72. The molecule has 0 amide bonds. The maximum Gasteiger partial charge on any atom is 0.340 e. The maximum absolute atomic E-state index is 15.2. The molecule has 0 saturated heterocycles. The molecule has 0 aliphatic rings. The van der Waals surface area contributed by atoms with Gasteiger partial charge in [-0.1, -0.05) is 56.6 Å². The van der Waals surface area contributed by atoms with Crippen LogP contribution in [0.3, 0.4) is 0 Å². The quantitative estimate of drug-likeness (QED) is 0.0882. The number of carbonyl (C=O) groups excluding carboxylic acids is 1. The lowest BCUT2D eigenvalue weighted by Crippen LogP contribution is -2.25. The van der Waals surface area contributed by atoms with Crippen molar-refractivity contribution >= 4 is 39.4 Å². The zero-order chi connectivity index (χ0) is 33.8. The Morgan fingerprint density at radius 2 is 1.74 bits per heavy atom. The second-order valence-corrected chi connectivity index (χ2v) is 13.9. The molecular weight excluding hydrogens is 663 g/mol. The van der Waals surface area contributed by atoms with Gasteiger partial charge in [-0.15, -0.1) is 0 Å². The van der Waals surface area contributed by atoms with Crippen molar-refractivity contribution in [3.8, 4) is 11.4 Å². The Balaban J connectivity index is 1.79. The van der Waals surface area contributed by atoms with E-state index in [0.29, 0.717) is 28.6 Å². The average Bonchev–Trinajstić information content (AvgIpc) is 3.45. The predicted molar refractivity (Wildman–Crippen MR) is 171 cm³/mol. The zero-order valence-corrected chi connectivity index (χ0v) is 28.2. The van der Waals surface area contributed by atoms with Crippen LogP contribution in [0.2, 0.25) is 5.02 Å². The highest BCUT2D eigenvalue weighted by atomic mass is 35.5. The summed E-state index contributed by atoms with van der Waals surface area (Å²) in [4.78, 5) is 16.4. The number of esters is 1. The SMILES string of the molecule is CCCCNS(=O)(=O)c1cc(F)c(CSc2ncc(C(C)(C)c3ccc(Cl)c(OC)c3)n2-c2ccc(F)c(C(=O)OC)c2)c(F)c1. The Morgan fingerprint density at radius 1 is 1.04 bits per heavy atom. The number of methoxy groups -OCH3 is 2. The van der Waals surface area contributed by atoms with Crippen LogP contribution in [0.1, 0.15) is 60.8 Å². The van der Waals surface area contributed by atoms with Crippen LogP contribution in [0.15, 0.2) is 64.8 Å². The van der Waals surface area contributed by atoms with Gasteiger partial charge in [-0.2, -0.15) is 0 Å². The second-order valence-electron chi connectivity index (χ2n) is 10.8. The molecule has 0 fully saturated rings. The lowest BCUT2D eigenvalue weighted by Gasteiger charge is -2.28. The van der Waals surface area contributed by atoms with Crippen molar-refractivity contribution in [1.82, 2.24) is 14.3 Å². The molecule has 0 saturated carbocycles. The predicted octanol–water partition coefficient (Wildman–Crippen LogP) is 7.43. The van der Waals surface area contributed by atoms with Gasteiger partial charge in [0.2, 0.25) is 10.0 Å². The van der Waals surface area contributed by atoms with E-state index in [9.17, 15) is 17.6 Å². The highest BCUT2D eigenvalue weighted by Crippen LogP contribution is 2.39. The van der Waals surface area contributed by atoms with Crippen LogP contribution >= 0.6 is 23.4 Å². The largest absolute Gasteiger partial charge is 0.495 e. The van der Waals surface area contributed by atoms with Crippen LogP contribution in [0.4, 0.5) is 13.2 Å². The number of nitrogens with zero attached hydrogens (tertiary/aromatic N) is 2. The van der Waals surface area contributed by atoms with Gasteiger partial charge < -0.3 is 9.47 Å². The molecule has 1 aromatic heterocycles. The van der Waals surface area contributed by atoms with Crippen LogP contribution in [0, 0.1) is 17.5 Å². The summed E-state index contributed by atoms with van der Waals surface area (Å²) in [7, 11) is -1.48. The number of rotatable bonds is 13. The molecule has 8 nitrogen and oxygen atoms in total. The van der Waals surface area contributed by atoms with Gasteiger partial charge in [0.25, 0.3) is 0 Å². The Hall–Kier alpha value is -3.52. The molecule has 14 heteroatoms. The number of hydrogen-bond acceptors (Lipinski definition) is 7. The summed E-state index contributed by atoms with van der Waals surface area (Å²) in [6.07, 6.45) is 2.89. The fraction of sp³-hybridized carbons (Fsp3) is 0.312. The molecule has 0 unspecified atom stereocenters. The first-order valence-corrected chi connectivity index (χ1v) is 17.0. The number of benzene rings is 3. The molecule has 246 valence electrons. The van der Waals surface area contributed by atoms with Gasteiger partial charge in [0, 0.05) is 29.0 Å². The average molecular weight is 696 g/mol. The van der Waals surface area contributed by atoms with Crippen LogP contribution in [-0.4, -0.2) is 44.7 Å². The summed E-state index contributed by atoms with van der Waals surface area (Å²) in [5.41, 5.74) is 0.241. The van der Waals surface area contributed by atoms with Gasteiger partial charge in [-0.05, 0) is 54.4 Å². The van der Waals surface area contributed by atoms with E-state index in [1.54, 1.807) is 22.9 Å². The van der Waals surface area contributed by atoms with Gasteiger partial charge in [-0.3, -0.25) is 4.57 Å². The Kier molecular flexibility index (Phi) is 11.1. The van der Waals surface area contributed by atoms with E-state index in [4.69, 9.17) is 21.1 Å². The topological polar surface area (TPSA) is 99.5 Å². The number of nitrogens with one attached hydrogen (secondary N) is 1. The molecule has 4 rings (SSSR count). The molecule has 1 N–H and O–H groups in total. The molecule has 4 aromatic rings.